The van der Waals surface area contributed by atoms with E-state index in [0.29, 0.717) is 11.6 Å². The maximum absolute atomic E-state index is 11.8. The molecule has 1 aliphatic rings. The normalized spacial score (nSPS) is 24.3. The van der Waals surface area contributed by atoms with Gasteiger partial charge in [-0.1, -0.05) is 41.9 Å². The SMILES string of the molecule is Cc1c(-c2ccccc2)nn(C2(C)CCS(=O)(=O)C2)c1Cl. The monoisotopic (exact) mass is 324 g/mol. The van der Waals surface area contributed by atoms with Gasteiger partial charge in [-0.05, 0) is 20.3 Å². The van der Waals surface area contributed by atoms with E-state index in [0.717, 1.165) is 16.8 Å². The number of hydrogen-bond donors (Lipinski definition) is 0. The van der Waals surface area contributed by atoms with Crippen molar-refractivity contribution in [2.45, 2.75) is 25.8 Å². The third-order valence-electron chi connectivity index (χ3n) is 4.09. The minimum Gasteiger partial charge on any atom is -0.246 e. The number of aromatic nitrogens is 2. The molecule has 21 heavy (non-hydrogen) atoms. The van der Waals surface area contributed by atoms with Crippen molar-refractivity contribution in [1.29, 1.82) is 0 Å². The van der Waals surface area contributed by atoms with Gasteiger partial charge in [0.1, 0.15) is 5.15 Å². The largest absolute Gasteiger partial charge is 0.246 e. The molecular weight excluding hydrogens is 308 g/mol. The molecule has 1 aromatic carbocycles. The standard InChI is InChI=1S/C15H17ClN2O2S/c1-11-13(12-6-4-3-5-7-12)17-18(14(11)16)15(2)8-9-21(19,20)10-15/h3-7H,8-10H2,1-2H3. The molecule has 0 saturated carbocycles. The zero-order valence-electron chi connectivity index (χ0n) is 12.0. The Kier molecular flexibility index (Phi) is 3.37. The topological polar surface area (TPSA) is 52.0 Å². The number of nitrogens with zero attached hydrogens (tertiary/aromatic N) is 2. The summed E-state index contributed by atoms with van der Waals surface area (Å²) in [6, 6.07) is 9.79. The highest BCUT2D eigenvalue weighted by Gasteiger charge is 2.42. The molecule has 1 atom stereocenters. The molecule has 112 valence electrons. The van der Waals surface area contributed by atoms with Gasteiger partial charge in [0, 0.05) is 11.1 Å². The molecule has 0 bridgehead atoms. The average Bonchev–Trinajstić information content (AvgIpc) is 2.90. The lowest BCUT2D eigenvalue weighted by atomic mass is 10.0. The fourth-order valence-corrected chi connectivity index (χ4v) is 5.30. The van der Waals surface area contributed by atoms with Gasteiger partial charge in [-0.3, -0.25) is 0 Å². The van der Waals surface area contributed by atoms with Crippen molar-refractivity contribution in [2.75, 3.05) is 11.5 Å². The lowest BCUT2D eigenvalue weighted by molar-refractivity contribution is 0.330. The molecule has 1 fully saturated rings. The van der Waals surface area contributed by atoms with Crippen LogP contribution in [0.2, 0.25) is 5.15 Å². The number of halogens is 1. The van der Waals surface area contributed by atoms with Crippen molar-refractivity contribution in [3.05, 3.63) is 41.0 Å². The third kappa shape index (κ3) is 2.49. The zero-order chi connectivity index (χ0) is 15.3. The molecule has 0 amide bonds. The molecular formula is C15H17ClN2O2S. The minimum atomic E-state index is -3.01. The van der Waals surface area contributed by atoms with Crippen LogP contribution in [0.5, 0.6) is 0 Å². The summed E-state index contributed by atoms with van der Waals surface area (Å²) in [5, 5.41) is 5.14. The Morgan fingerprint density at radius 3 is 2.52 bits per heavy atom. The average molecular weight is 325 g/mol. The number of rotatable bonds is 2. The summed E-state index contributed by atoms with van der Waals surface area (Å²) >= 11 is 6.43. The van der Waals surface area contributed by atoms with Gasteiger partial charge in [0.25, 0.3) is 0 Å². The van der Waals surface area contributed by atoms with E-state index >= 15 is 0 Å². The Balaban J connectivity index is 2.10. The van der Waals surface area contributed by atoms with E-state index in [2.05, 4.69) is 5.10 Å². The quantitative estimate of drug-likeness (QED) is 0.853. The van der Waals surface area contributed by atoms with Crippen LogP contribution in [0.3, 0.4) is 0 Å². The first kappa shape index (κ1) is 14.6. The van der Waals surface area contributed by atoms with Gasteiger partial charge in [0.15, 0.2) is 9.84 Å². The molecule has 0 aliphatic carbocycles. The summed E-state index contributed by atoms with van der Waals surface area (Å²) in [6.45, 7) is 3.83. The third-order valence-corrected chi connectivity index (χ3v) is 6.42. The predicted octanol–water partition coefficient (Wildman–Crippen LogP) is 3.05. The van der Waals surface area contributed by atoms with Crippen LogP contribution in [0.4, 0.5) is 0 Å². The van der Waals surface area contributed by atoms with Crippen molar-refractivity contribution in [3.8, 4) is 11.3 Å². The Hall–Kier alpha value is -1.33. The Morgan fingerprint density at radius 1 is 1.29 bits per heavy atom. The van der Waals surface area contributed by atoms with Crippen LogP contribution in [-0.2, 0) is 15.4 Å². The van der Waals surface area contributed by atoms with Gasteiger partial charge in [-0.15, -0.1) is 0 Å². The molecule has 1 unspecified atom stereocenters. The molecule has 0 N–H and O–H groups in total. The summed E-state index contributed by atoms with van der Waals surface area (Å²) in [5.74, 6) is 0.286. The maximum Gasteiger partial charge on any atom is 0.152 e. The molecule has 3 rings (SSSR count). The van der Waals surface area contributed by atoms with E-state index in [4.69, 9.17) is 11.6 Å². The van der Waals surface area contributed by atoms with Crippen LogP contribution >= 0.6 is 11.6 Å². The molecule has 1 aliphatic heterocycles. The summed E-state index contributed by atoms with van der Waals surface area (Å²) in [4.78, 5) is 0. The first-order valence-corrected chi connectivity index (χ1v) is 9.04. The van der Waals surface area contributed by atoms with Crippen molar-refractivity contribution < 1.29 is 8.42 Å². The van der Waals surface area contributed by atoms with Gasteiger partial charge < -0.3 is 0 Å². The van der Waals surface area contributed by atoms with E-state index in [9.17, 15) is 8.42 Å². The summed E-state index contributed by atoms with van der Waals surface area (Å²) < 4.78 is 25.3. The molecule has 4 nitrogen and oxygen atoms in total. The van der Waals surface area contributed by atoms with Crippen LogP contribution < -0.4 is 0 Å². The first-order valence-electron chi connectivity index (χ1n) is 6.84. The number of hydrogen-bond acceptors (Lipinski definition) is 3. The van der Waals surface area contributed by atoms with E-state index in [1.54, 1.807) is 4.68 Å². The van der Waals surface area contributed by atoms with Crippen LogP contribution in [0.1, 0.15) is 18.9 Å². The lowest BCUT2D eigenvalue weighted by Gasteiger charge is -2.23. The number of benzene rings is 1. The van der Waals surface area contributed by atoms with Gasteiger partial charge in [0.05, 0.1) is 22.7 Å². The predicted molar refractivity (Wildman–Crippen MR) is 84.3 cm³/mol. The molecule has 1 aromatic heterocycles. The van der Waals surface area contributed by atoms with Crippen LogP contribution in [-0.4, -0.2) is 29.7 Å². The fourth-order valence-electron chi connectivity index (χ4n) is 2.86. The highest BCUT2D eigenvalue weighted by molar-refractivity contribution is 7.91. The smallest absolute Gasteiger partial charge is 0.152 e. The van der Waals surface area contributed by atoms with Crippen molar-refractivity contribution in [1.82, 2.24) is 9.78 Å². The fraction of sp³-hybridized carbons (Fsp3) is 0.400. The highest BCUT2D eigenvalue weighted by Crippen LogP contribution is 2.37. The summed E-state index contributed by atoms with van der Waals surface area (Å²) in [7, 11) is -3.01. The van der Waals surface area contributed by atoms with Crippen LogP contribution in [0.25, 0.3) is 11.3 Å². The van der Waals surface area contributed by atoms with Crippen molar-refractivity contribution in [3.63, 3.8) is 0 Å². The maximum atomic E-state index is 11.8. The van der Waals surface area contributed by atoms with Gasteiger partial charge >= 0.3 is 0 Å². The van der Waals surface area contributed by atoms with Gasteiger partial charge in [-0.25, -0.2) is 13.1 Å². The molecule has 2 heterocycles. The minimum absolute atomic E-state index is 0.0923. The van der Waals surface area contributed by atoms with Gasteiger partial charge in [-0.2, -0.15) is 5.10 Å². The summed E-state index contributed by atoms with van der Waals surface area (Å²) in [6.07, 6.45) is 0.546. The van der Waals surface area contributed by atoms with Gasteiger partial charge in [0.2, 0.25) is 0 Å². The zero-order valence-corrected chi connectivity index (χ0v) is 13.6. The molecule has 0 radical (unpaired) electrons. The number of sulfone groups is 1. The highest BCUT2D eigenvalue weighted by atomic mass is 35.5. The molecule has 0 spiro atoms. The molecule has 1 saturated heterocycles. The van der Waals surface area contributed by atoms with E-state index < -0.39 is 15.4 Å². The van der Waals surface area contributed by atoms with Crippen LogP contribution in [0.15, 0.2) is 30.3 Å². The Morgan fingerprint density at radius 2 is 1.95 bits per heavy atom. The van der Waals surface area contributed by atoms with Crippen molar-refractivity contribution >= 4 is 21.4 Å². The Labute approximate surface area is 129 Å². The first-order chi connectivity index (χ1) is 9.82. The summed E-state index contributed by atoms with van der Waals surface area (Å²) in [5.41, 5.74) is 2.12. The van der Waals surface area contributed by atoms with Crippen molar-refractivity contribution in [2.24, 2.45) is 0 Å². The van der Waals surface area contributed by atoms with Crippen LogP contribution in [0, 0.1) is 6.92 Å². The second-order valence-corrected chi connectivity index (χ2v) is 8.42. The van der Waals surface area contributed by atoms with E-state index in [1.807, 2.05) is 44.2 Å². The van der Waals surface area contributed by atoms with E-state index in [1.165, 1.54) is 0 Å². The molecule has 2 aromatic rings. The lowest BCUT2D eigenvalue weighted by Crippen LogP contribution is -2.32. The van der Waals surface area contributed by atoms with E-state index in [-0.39, 0.29) is 11.5 Å². The Bertz CT molecular complexity index is 784. The second-order valence-electron chi connectivity index (χ2n) is 5.88. The second kappa shape index (κ2) is 4.85. The molecule has 6 heteroatoms.